The molecule has 0 spiro atoms. The summed E-state index contributed by atoms with van der Waals surface area (Å²) in [6.45, 7) is 2.69. The summed E-state index contributed by atoms with van der Waals surface area (Å²) < 4.78 is 6.85. The van der Waals surface area contributed by atoms with E-state index in [1.165, 1.54) is 4.68 Å². The number of unbranched alkanes of at least 4 members (excludes halogenated alkanes) is 2. The fourth-order valence-electron chi connectivity index (χ4n) is 3.55. The van der Waals surface area contributed by atoms with Crippen molar-refractivity contribution in [1.29, 1.82) is 0 Å². The van der Waals surface area contributed by atoms with Gasteiger partial charge in [0, 0.05) is 12.1 Å². The second-order valence-electron chi connectivity index (χ2n) is 7.41. The van der Waals surface area contributed by atoms with E-state index in [4.69, 9.17) is 20.4 Å². The van der Waals surface area contributed by atoms with Crippen molar-refractivity contribution in [1.82, 2.24) is 20.0 Å². The number of methoxy groups -OCH3 is 1. The Morgan fingerprint density at radius 2 is 1.84 bits per heavy atom. The third-order valence-corrected chi connectivity index (χ3v) is 5.22. The van der Waals surface area contributed by atoms with E-state index in [-0.39, 0.29) is 17.3 Å². The van der Waals surface area contributed by atoms with Gasteiger partial charge >= 0.3 is 0 Å². The van der Waals surface area contributed by atoms with Crippen LogP contribution in [0.25, 0.3) is 22.2 Å². The second-order valence-corrected chi connectivity index (χ2v) is 7.41. The molecule has 4 aromatic rings. The number of nitrogens with two attached hydrogens (primary N) is 1. The summed E-state index contributed by atoms with van der Waals surface area (Å²) >= 11 is 0. The third-order valence-electron chi connectivity index (χ3n) is 5.22. The van der Waals surface area contributed by atoms with Gasteiger partial charge in [-0.25, -0.2) is 9.97 Å². The number of nitrogens with zero attached hydrogens (tertiary/aromatic N) is 4. The summed E-state index contributed by atoms with van der Waals surface area (Å²) in [5.41, 5.74) is 9.71. The predicted octanol–water partition coefficient (Wildman–Crippen LogP) is 3.98. The summed E-state index contributed by atoms with van der Waals surface area (Å²) in [6.07, 6.45) is 4.66. The molecule has 164 valence electrons. The number of fused-ring (bicyclic) bond motifs is 2. The molecule has 0 aliphatic carbocycles. The zero-order valence-corrected chi connectivity index (χ0v) is 18.2. The van der Waals surface area contributed by atoms with E-state index in [0.717, 1.165) is 24.8 Å². The molecule has 32 heavy (non-hydrogen) atoms. The number of para-hydroxylation sites is 3. The number of aromatic nitrogens is 3. The Morgan fingerprint density at radius 3 is 2.59 bits per heavy atom. The minimum atomic E-state index is -0.278. The lowest BCUT2D eigenvalue weighted by Crippen LogP contribution is -2.25. The monoisotopic (exact) mass is 430 g/mol. The van der Waals surface area contributed by atoms with Gasteiger partial charge in [0.15, 0.2) is 5.65 Å². The Morgan fingerprint density at radius 1 is 1.12 bits per heavy atom. The van der Waals surface area contributed by atoms with Crippen molar-refractivity contribution in [2.75, 3.05) is 19.4 Å². The van der Waals surface area contributed by atoms with Crippen LogP contribution in [0.15, 0.2) is 53.6 Å². The lowest BCUT2D eigenvalue weighted by atomic mass is 10.2. The van der Waals surface area contributed by atoms with Gasteiger partial charge in [0.1, 0.15) is 22.6 Å². The van der Waals surface area contributed by atoms with Crippen LogP contribution in [0, 0.1) is 0 Å². The van der Waals surface area contributed by atoms with Crippen LogP contribution in [0.1, 0.15) is 42.1 Å². The minimum Gasteiger partial charge on any atom is -0.496 e. The number of amides is 1. The summed E-state index contributed by atoms with van der Waals surface area (Å²) in [5, 5.41) is 7.48. The average Bonchev–Trinajstić information content (AvgIpc) is 3.09. The van der Waals surface area contributed by atoms with E-state index in [9.17, 15) is 4.79 Å². The molecule has 2 aromatic heterocycles. The molecule has 0 fully saturated rings. The van der Waals surface area contributed by atoms with Crippen molar-refractivity contribution in [3.05, 3.63) is 59.7 Å². The van der Waals surface area contributed by atoms with Crippen molar-refractivity contribution >= 4 is 40.1 Å². The van der Waals surface area contributed by atoms with Gasteiger partial charge in [0.2, 0.25) is 0 Å². The van der Waals surface area contributed by atoms with E-state index < -0.39 is 0 Å². The molecular formula is C24H26N6O2. The first kappa shape index (κ1) is 21.3. The van der Waals surface area contributed by atoms with Gasteiger partial charge in [-0.2, -0.15) is 9.78 Å². The molecule has 4 rings (SSSR count). The largest absolute Gasteiger partial charge is 0.496 e. The van der Waals surface area contributed by atoms with E-state index in [1.807, 2.05) is 48.5 Å². The number of hydrogen-bond donors (Lipinski definition) is 2. The van der Waals surface area contributed by atoms with E-state index >= 15 is 0 Å². The lowest BCUT2D eigenvalue weighted by Gasteiger charge is -2.05. The molecule has 0 saturated carbocycles. The normalized spacial score (nSPS) is 11.4. The maximum absolute atomic E-state index is 13.0. The fraction of sp³-hybridized carbons (Fsp3) is 0.250. The summed E-state index contributed by atoms with van der Waals surface area (Å²) in [5.74, 6) is 0.588. The molecule has 8 heteroatoms. The van der Waals surface area contributed by atoms with Crippen LogP contribution in [-0.4, -0.2) is 40.4 Å². The highest BCUT2D eigenvalue weighted by Crippen LogP contribution is 2.28. The number of benzene rings is 2. The molecule has 0 unspecified atom stereocenters. The van der Waals surface area contributed by atoms with E-state index in [1.54, 1.807) is 13.3 Å². The molecule has 3 N–H and O–H groups in total. The summed E-state index contributed by atoms with van der Waals surface area (Å²) in [6, 6.07) is 15.0. The number of anilines is 1. The Bertz CT molecular complexity index is 1290. The second kappa shape index (κ2) is 9.47. The highest BCUT2D eigenvalue weighted by Gasteiger charge is 2.23. The van der Waals surface area contributed by atoms with Crippen LogP contribution in [0.5, 0.6) is 5.75 Å². The number of hydrogen-bond acceptors (Lipinski definition) is 6. The van der Waals surface area contributed by atoms with Crippen molar-refractivity contribution in [2.24, 2.45) is 5.10 Å². The molecule has 0 saturated heterocycles. The van der Waals surface area contributed by atoms with Gasteiger partial charge in [-0.3, -0.25) is 4.79 Å². The number of nitrogens with one attached hydrogen (secondary N) is 1. The maximum Gasteiger partial charge on any atom is 0.257 e. The van der Waals surface area contributed by atoms with Gasteiger partial charge in [-0.05, 0) is 30.7 Å². The van der Waals surface area contributed by atoms with Crippen LogP contribution in [0.3, 0.4) is 0 Å². The standard InChI is InChI=1S/C24H26N6O2/c1-3-4-9-14-26-24(31)20-21-23(29-18-12-7-6-11-17(18)28-21)30(22(20)25)27-15-16-10-5-8-13-19(16)32-2/h5-8,10-13,15H,3-4,9,14,25H2,1-2H3,(H,26,31)/b27-15+. The van der Waals surface area contributed by atoms with Crippen molar-refractivity contribution in [3.63, 3.8) is 0 Å². The first-order valence-electron chi connectivity index (χ1n) is 10.7. The summed E-state index contributed by atoms with van der Waals surface area (Å²) in [7, 11) is 1.60. The zero-order chi connectivity index (χ0) is 22.5. The lowest BCUT2D eigenvalue weighted by molar-refractivity contribution is 0.0955. The Balaban J connectivity index is 1.82. The zero-order valence-electron chi connectivity index (χ0n) is 18.2. The molecule has 2 aromatic carbocycles. The Labute approximate surface area is 186 Å². The number of rotatable bonds is 8. The fourth-order valence-corrected chi connectivity index (χ4v) is 3.55. The number of carbonyl (C=O) groups excluding carboxylic acids is 1. The van der Waals surface area contributed by atoms with Crippen LogP contribution in [0.2, 0.25) is 0 Å². The molecule has 0 bridgehead atoms. The summed E-state index contributed by atoms with van der Waals surface area (Å²) in [4.78, 5) is 22.4. The van der Waals surface area contributed by atoms with Crippen LogP contribution < -0.4 is 15.8 Å². The SMILES string of the molecule is CCCCCNC(=O)c1c(N)n(/N=C/c2ccccc2OC)c2nc3ccccc3nc12. The maximum atomic E-state index is 13.0. The molecular weight excluding hydrogens is 404 g/mol. The number of nitrogen functional groups attached to an aromatic ring is 1. The van der Waals surface area contributed by atoms with Crippen LogP contribution in [0.4, 0.5) is 5.82 Å². The first-order valence-corrected chi connectivity index (χ1v) is 10.7. The van der Waals surface area contributed by atoms with Gasteiger partial charge in [-0.15, -0.1) is 0 Å². The van der Waals surface area contributed by atoms with Gasteiger partial charge < -0.3 is 15.8 Å². The predicted molar refractivity (Wildman–Crippen MR) is 127 cm³/mol. The molecule has 0 aliphatic heterocycles. The molecule has 0 radical (unpaired) electrons. The molecule has 0 aliphatic rings. The molecule has 8 nitrogen and oxygen atoms in total. The van der Waals surface area contributed by atoms with Gasteiger partial charge in [0.05, 0.1) is 24.4 Å². The van der Waals surface area contributed by atoms with Gasteiger partial charge in [-0.1, -0.05) is 44.0 Å². The third kappa shape index (κ3) is 4.12. The quantitative estimate of drug-likeness (QED) is 0.325. The van der Waals surface area contributed by atoms with Crippen LogP contribution in [-0.2, 0) is 0 Å². The first-order chi connectivity index (χ1) is 15.6. The number of carbonyl (C=O) groups is 1. The van der Waals surface area contributed by atoms with Gasteiger partial charge in [0.25, 0.3) is 5.91 Å². The van der Waals surface area contributed by atoms with Crippen LogP contribution >= 0.6 is 0 Å². The van der Waals surface area contributed by atoms with Crippen molar-refractivity contribution < 1.29 is 9.53 Å². The highest BCUT2D eigenvalue weighted by atomic mass is 16.5. The van der Waals surface area contributed by atoms with E-state index in [0.29, 0.717) is 34.5 Å². The Hall–Kier alpha value is -3.94. The molecule has 0 atom stereocenters. The highest BCUT2D eigenvalue weighted by molar-refractivity contribution is 6.10. The van der Waals surface area contributed by atoms with E-state index in [2.05, 4.69) is 17.3 Å². The molecule has 1 amide bonds. The topological polar surface area (TPSA) is 107 Å². The molecule has 2 heterocycles. The van der Waals surface area contributed by atoms with Crippen molar-refractivity contribution in [3.8, 4) is 5.75 Å². The smallest absolute Gasteiger partial charge is 0.257 e. The Kier molecular flexibility index (Phi) is 6.30. The number of ether oxygens (including phenoxy) is 1. The van der Waals surface area contributed by atoms with Crippen molar-refractivity contribution in [2.45, 2.75) is 26.2 Å². The minimum absolute atomic E-state index is 0.189. The average molecular weight is 431 g/mol.